The molecule has 0 aromatic rings. The molecule has 67 heavy (non-hydrogen) atoms. The van der Waals surface area contributed by atoms with Gasteiger partial charge < -0.3 is 14.2 Å². The Morgan fingerprint density at radius 1 is 0.299 bits per heavy atom. The maximum absolute atomic E-state index is 12.8. The molecule has 0 aliphatic heterocycles. The maximum atomic E-state index is 12.8. The highest BCUT2D eigenvalue weighted by molar-refractivity contribution is 5.71. The zero-order chi connectivity index (χ0) is 48.6. The molecule has 1 atom stereocenters. The molecule has 1 unspecified atom stereocenters. The first-order chi connectivity index (χ1) is 33.0. The van der Waals surface area contributed by atoms with Crippen LogP contribution in [-0.4, -0.2) is 37.2 Å². The molecule has 6 heteroatoms. The van der Waals surface area contributed by atoms with Crippen molar-refractivity contribution in [3.05, 3.63) is 36.5 Å². The third-order valence-electron chi connectivity index (χ3n) is 13.1. The van der Waals surface area contributed by atoms with Gasteiger partial charge in [0.05, 0.1) is 0 Å². The van der Waals surface area contributed by atoms with E-state index in [0.717, 1.165) is 83.5 Å². The summed E-state index contributed by atoms with van der Waals surface area (Å²) < 4.78 is 16.9. The summed E-state index contributed by atoms with van der Waals surface area (Å²) in [6.45, 7) is 6.63. The van der Waals surface area contributed by atoms with Gasteiger partial charge in [-0.15, -0.1) is 0 Å². The van der Waals surface area contributed by atoms with Crippen molar-refractivity contribution in [1.29, 1.82) is 0 Å². The van der Waals surface area contributed by atoms with Crippen LogP contribution in [0.2, 0.25) is 0 Å². The summed E-state index contributed by atoms with van der Waals surface area (Å²) >= 11 is 0. The van der Waals surface area contributed by atoms with Gasteiger partial charge >= 0.3 is 17.9 Å². The number of carbonyl (C=O) groups excluding carboxylic acids is 3. The van der Waals surface area contributed by atoms with Crippen LogP contribution in [0.5, 0.6) is 0 Å². The predicted octanol–water partition coefficient (Wildman–Crippen LogP) is 19.7. The van der Waals surface area contributed by atoms with E-state index in [1.54, 1.807) is 0 Å². The number of carbonyl (C=O) groups is 3. The van der Waals surface area contributed by atoms with Crippen LogP contribution in [0.4, 0.5) is 0 Å². The van der Waals surface area contributed by atoms with Crippen molar-refractivity contribution in [2.45, 2.75) is 322 Å². The Kier molecular flexibility index (Phi) is 54.2. The highest BCUT2D eigenvalue weighted by Gasteiger charge is 2.19. The predicted molar refractivity (Wildman–Crippen MR) is 289 cm³/mol. The molecule has 0 rings (SSSR count). The Balaban J connectivity index is 4.33. The van der Waals surface area contributed by atoms with Crippen LogP contribution in [0.25, 0.3) is 0 Å². The van der Waals surface area contributed by atoms with Crippen LogP contribution in [0.15, 0.2) is 36.5 Å². The van der Waals surface area contributed by atoms with Crippen LogP contribution < -0.4 is 0 Å². The normalized spacial score (nSPS) is 12.2. The Labute approximate surface area is 416 Å². The maximum Gasteiger partial charge on any atom is 0.306 e. The fourth-order valence-electron chi connectivity index (χ4n) is 8.67. The van der Waals surface area contributed by atoms with Crippen molar-refractivity contribution in [3.8, 4) is 0 Å². The molecule has 0 bridgehead atoms. The van der Waals surface area contributed by atoms with E-state index in [0.29, 0.717) is 19.3 Å². The molecule has 6 nitrogen and oxygen atoms in total. The molecule has 0 saturated carbocycles. The van der Waals surface area contributed by atoms with Gasteiger partial charge in [0.1, 0.15) is 13.2 Å². The molecule has 0 spiro atoms. The average Bonchev–Trinajstić information content (AvgIpc) is 3.33. The van der Waals surface area contributed by atoms with Gasteiger partial charge in [0.25, 0.3) is 0 Å². The molecular weight excluding hydrogens is 829 g/mol. The lowest BCUT2D eigenvalue weighted by molar-refractivity contribution is -0.167. The molecular formula is C61H112O6. The van der Waals surface area contributed by atoms with Crippen molar-refractivity contribution in [2.75, 3.05) is 13.2 Å². The fraction of sp³-hybridized carbons (Fsp3) is 0.852. The first-order valence-electron chi connectivity index (χ1n) is 29.5. The molecule has 0 amide bonds. The minimum Gasteiger partial charge on any atom is -0.462 e. The van der Waals surface area contributed by atoms with Gasteiger partial charge in [0, 0.05) is 19.3 Å². The quantitative estimate of drug-likeness (QED) is 0.0199. The van der Waals surface area contributed by atoms with E-state index in [-0.39, 0.29) is 31.1 Å². The van der Waals surface area contributed by atoms with Gasteiger partial charge in [0.15, 0.2) is 6.10 Å². The third-order valence-corrected chi connectivity index (χ3v) is 13.1. The molecule has 0 radical (unpaired) electrons. The largest absolute Gasteiger partial charge is 0.462 e. The topological polar surface area (TPSA) is 78.9 Å². The first kappa shape index (κ1) is 64.6. The summed E-state index contributed by atoms with van der Waals surface area (Å²) in [5, 5.41) is 0. The average molecular weight is 942 g/mol. The third kappa shape index (κ3) is 54.4. The SMILES string of the molecule is CCCCC/C=C\CCCCCCCC(=O)OCC(COC(=O)CCCCCCCCCCCCCCCCCCCCC)OC(=O)CCCCCCC/C=C\C=C/CCCCCCCCC. The second kappa shape index (κ2) is 56.2. The van der Waals surface area contributed by atoms with E-state index in [9.17, 15) is 14.4 Å². The molecule has 0 aromatic carbocycles. The summed E-state index contributed by atoms with van der Waals surface area (Å²) in [5.74, 6) is -0.885. The molecule has 0 aliphatic rings. The van der Waals surface area contributed by atoms with Crippen LogP contribution >= 0.6 is 0 Å². The summed E-state index contributed by atoms with van der Waals surface area (Å²) in [6, 6.07) is 0. The summed E-state index contributed by atoms with van der Waals surface area (Å²) in [4.78, 5) is 38.1. The summed E-state index contributed by atoms with van der Waals surface area (Å²) in [7, 11) is 0. The van der Waals surface area contributed by atoms with E-state index in [1.807, 2.05) is 0 Å². The van der Waals surface area contributed by atoms with E-state index in [1.165, 1.54) is 193 Å². The van der Waals surface area contributed by atoms with E-state index in [2.05, 4.69) is 57.2 Å². The second-order valence-corrected chi connectivity index (χ2v) is 19.9. The van der Waals surface area contributed by atoms with E-state index >= 15 is 0 Å². The van der Waals surface area contributed by atoms with Gasteiger partial charge in [-0.1, -0.05) is 263 Å². The Morgan fingerprint density at radius 2 is 0.537 bits per heavy atom. The van der Waals surface area contributed by atoms with Crippen molar-refractivity contribution in [3.63, 3.8) is 0 Å². The lowest BCUT2D eigenvalue weighted by Crippen LogP contribution is -2.30. The first-order valence-corrected chi connectivity index (χ1v) is 29.5. The van der Waals surface area contributed by atoms with Crippen molar-refractivity contribution >= 4 is 17.9 Å². The van der Waals surface area contributed by atoms with Crippen molar-refractivity contribution in [1.82, 2.24) is 0 Å². The van der Waals surface area contributed by atoms with Gasteiger partial charge in [-0.25, -0.2) is 0 Å². The standard InChI is InChI=1S/C61H112O6/c1-4-7-10-13-16-19-22-25-27-29-31-33-34-36-39-42-45-48-51-54-60(63)66-57-58(56-65-59(62)53-50-47-44-41-38-24-21-18-15-12-9-6-3)67-61(64)55-52-49-46-43-40-37-35-32-30-28-26-23-20-17-14-11-8-5-2/h18,21,28,30,32,35,58H,4-17,19-20,22-27,29,31,33-34,36-57H2,1-3H3/b21-18-,30-28-,35-32-. The lowest BCUT2D eigenvalue weighted by Gasteiger charge is -2.18. The summed E-state index contributed by atoms with van der Waals surface area (Å²) in [5.41, 5.74) is 0. The number of hydrogen-bond donors (Lipinski definition) is 0. The Hall–Kier alpha value is -2.37. The summed E-state index contributed by atoms with van der Waals surface area (Å²) in [6.07, 6.45) is 67.1. The molecule has 0 heterocycles. The van der Waals surface area contributed by atoms with Gasteiger partial charge in [-0.05, 0) is 70.6 Å². The van der Waals surface area contributed by atoms with E-state index < -0.39 is 6.10 Å². The smallest absolute Gasteiger partial charge is 0.306 e. The van der Waals surface area contributed by atoms with Crippen LogP contribution in [-0.2, 0) is 28.6 Å². The Morgan fingerprint density at radius 3 is 0.866 bits per heavy atom. The van der Waals surface area contributed by atoms with Gasteiger partial charge in [0.2, 0.25) is 0 Å². The zero-order valence-corrected chi connectivity index (χ0v) is 44.9. The fourth-order valence-corrected chi connectivity index (χ4v) is 8.67. The second-order valence-electron chi connectivity index (χ2n) is 19.9. The lowest BCUT2D eigenvalue weighted by atomic mass is 10.0. The van der Waals surface area contributed by atoms with Gasteiger partial charge in [-0.2, -0.15) is 0 Å². The van der Waals surface area contributed by atoms with E-state index in [4.69, 9.17) is 14.2 Å². The van der Waals surface area contributed by atoms with Crippen LogP contribution in [0, 0.1) is 0 Å². The Bertz CT molecular complexity index is 1130. The number of unbranched alkanes of at least 4 members (excludes halogenated alkanes) is 38. The molecule has 0 N–H and O–H groups in total. The minimum absolute atomic E-state index is 0.0775. The highest BCUT2D eigenvalue weighted by atomic mass is 16.6. The van der Waals surface area contributed by atoms with Crippen molar-refractivity contribution < 1.29 is 28.6 Å². The number of rotatable bonds is 54. The minimum atomic E-state index is -0.781. The van der Waals surface area contributed by atoms with Crippen LogP contribution in [0.3, 0.4) is 0 Å². The number of ether oxygens (including phenoxy) is 3. The molecule has 0 saturated heterocycles. The molecule has 0 fully saturated rings. The number of esters is 3. The zero-order valence-electron chi connectivity index (χ0n) is 44.9. The molecule has 0 aromatic heterocycles. The van der Waals surface area contributed by atoms with Gasteiger partial charge in [-0.3, -0.25) is 14.4 Å². The van der Waals surface area contributed by atoms with Crippen molar-refractivity contribution in [2.24, 2.45) is 0 Å². The number of hydrogen-bond acceptors (Lipinski definition) is 6. The number of allylic oxidation sites excluding steroid dienone is 6. The molecule has 0 aliphatic carbocycles. The monoisotopic (exact) mass is 941 g/mol. The molecule has 392 valence electrons. The van der Waals surface area contributed by atoms with Crippen LogP contribution in [0.1, 0.15) is 316 Å². The highest BCUT2D eigenvalue weighted by Crippen LogP contribution is 2.17.